The van der Waals surface area contributed by atoms with Crippen molar-refractivity contribution in [3.8, 4) is 22.6 Å². The van der Waals surface area contributed by atoms with E-state index in [0.29, 0.717) is 30.3 Å². The van der Waals surface area contributed by atoms with Gasteiger partial charge in [0, 0.05) is 11.1 Å². The molecule has 0 aliphatic carbocycles. The molecule has 0 aliphatic heterocycles. The maximum atomic E-state index is 14.1. The lowest BCUT2D eigenvalue weighted by atomic mass is 9.97. The molecule has 0 spiro atoms. The third-order valence-electron chi connectivity index (χ3n) is 3.90. The topological polar surface area (TPSA) is 38.7 Å². The van der Waals surface area contributed by atoms with Crippen LogP contribution in [-0.2, 0) is 0 Å². The maximum absolute atomic E-state index is 14.1. The van der Waals surface area contributed by atoms with Gasteiger partial charge in [0.2, 0.25) is 0 Å². The molecule has 0 atom stereocenters. The zero-order valence-electron chi connectivity index (χ0n) is 12.8. The van der Waals surface area contributed by atoms with E-state index in [1.807, 2.05) is 25.1 Å². The van der Waals surface area contributed by atoms with E-state index >= 15 is 0 Å². The van der Waals surface area contributed by atoms with E-state index in [1.165, 1.54) is 6.07 Å². The lowest BCUT2D eigenvalue weighted by molar-refractivity contribution is 0.416. The Balaban J connectivity index is 2.25. The summed E-state index contributed by atoms with van der Waals surface area (Å²) >= 11 is 0. The second-order valence-corrected chi connectivity index (χ2v) is 5.17. The van der Waals surface area contributed by atoms with Crippen molar-refractivity contribution in [3.05, 3.63) is 59.9 Å². The second kappa shape index (κ2) is 6.30. The number of fused-ring (bicyclic) bond motifs is 1. The van der Waals surface area contributed by atoms with Crippen molar-refractivity contribution in [2.75, 3.05) is 7.11 Å². The zero-order chi connectivity index (χ0) is 16.4. The molecule has 3 aromatic carbocycles. The Morgan fingerprint density at radius 1 is 1.00 bits per heavy atom. The fourth-order valence-electron chi connectivity index (χ4n) is 2.73. The first-order valence-corrected chi connectivity index (χ1v) is 7.14. The molecule has 1 N–H and O–H groups in total. The monoisotopic (exact) mass is 309 g/mol. The summed E-state index contributed by atoms with van der Waals surface area (Å²) in [6.45, 7) is 1.89. The average Bonchev–Trinajstić information content (AvgIpc) is 2.57. The first kappa shape index (κ1) is 15.4. The number of rotatable bonds is 4. The van der Waals surface area contributed by atoms with Crippen LogP contribution in [0.25, 0.3) is 21.9 Å². The van der Waals surface area contributed by atoms with E-state index in [9.17, 15) is 4.39 Å². The maximum Gasteiger partial charge on any atom is 0.569 e. The highest BCUT2D eigenvalue weighted by atomic mass is 19.1. The minimum Gasteiger partial charge on any atom is -0.537 e. The average molecular weight is 309 g/mol. The molecule has 0 saturated heterocycles. The Hall–Kier alpha value is -2.53. The first-order chi connectivity index (χ1) is 11.2. The fourth-order valence-corrected chi connectivity index (χ4v) is 2.73. The lowest BCUT2D eigenvalue weighted by Gasteiger charge is -2.14. The molecule has 0 amide bonds. The van der Waals surface area contributed by atoms with Crippen molar-refractivity contribution in [2.45, 2.75) is 6.92 Å². The van der Waals surface area contributed by atoms with Gasteiger partial charge in [-0.2, -0.15) is 0 Å². The molecule has 0 aliphatic rings. The minimum atomic E-state index is -0.295. The number of aryl methyl sites for hydroxylation is 1. The number of halogens is 1. The van der Waals surface area contributed by atoms with Crippen LogP contribution in [0.2, 0.25) is 0 Å². The Kier molecular flexibility index (Phi) is 4.21. The lowest BCUT2D eigenvalue weighted by Crippen LogP contribution is -2.01. The normalized spacial score (nSPS) is 10.6. The third kappa shape index (κ3) is 2.75. The highest BCUT2D eigenvalue weighted by molar-refractivity contribution is 6.17. The predicted molar refractivity (Wildman–Crippen MR) is 89.2 cm³/mol. The quantitative estimate of drug-likeness (QED) is 0.744. The standard InChI is InChI=1S/C18H15BFO3/c1-11-14-10-18(22-2)15(13-5-3-4-6-16(13)20)9-12(14)7-8-17(11)23-19-21/h3-10,21H,1-2H3. The van der Waals surface area contributed by atoms with Crippen LogP contribution >= 0.6 is 0 Å². The Bertz CT molecular complexity index is 864. The summed E-state index contributed by atoms with van der Waals surface area (Å²) in [6, 6.07) is 14.0. The largest absolute Gasteiger partial charge is 0.569 e. The van der Waals surface area contributed by atoms with Crippen LogP contribution < -0.4 is 9.39 Å². The molecule has 115 valence electrons. The highest BCUT2D eigenvalue weighted by Gasteiger charge is 2.14. The number of methoxy groups -OCH3 is 1. The fraction of sp³-hybridized carbons (Fsp3) is 0.111. The van der Waals surface area contributed by atoms with Crippen molar-refractivity contribution in [1.82, 2.24) is 0 Å². The molecule has 3 rings (SSSR count). The molecule has 0 aromatic heterocycles. The van der Waals surface area contributed by atoms with Crippen molar-refractivity contribution in [2.24, 2.45) is 0 Å². The van der Waals surface area contributed by atoms with Gasteiger partial charge in [0.25, 0.3) is 0 Å². The van der Waals surface area contributed by atoms with Crippen molar-refractivity contribution < 1.29 is 18.8 Å². The van der Waals surface area contributed by atoms with E-state index in [0.717, 1.165) is 16.3 Å². The molecule has 23 heavy (non-hydrogen) atoms. The predicted octanol–water partition coefficient (Wildman–Crippen LogP) is 3.87. The van der Waals surface area contributed by atoms with Gasteiger partial charge in [0.15, 0.2) is 0 Å². The van der Waals surface area contributed by atoms with E-state index in [1.54, 1.807) is 31.4 Å². The van der Waals surface area contributed by atoms with Gasteiger partial charge < -0.3 is 14.4 Å². The third-order valence-corrected chi connectivity index (χ3v) is 3.90. The number of benzene rings is 3. The number of hydrogen-bond donors (Lipinski definition) is 1. The Labute approximate surface area is 134 Å². The van der Waals surface area contributed by atoms with Gasteiger partial charge >= 0.3 is 7.69 Å². The van der Waals surface area contributed by atoms with Gasteiger partial charge in [-0.05, 0) is 47.5 Å². The molecule has 5 heteroatoms. The van der Waals surface area contributed by atoms with Crippen molar-refractivity contribution in [3.63, 3.8) is 0 Å². The van der Waals surface area contributed by atoms with Crippen LogP contribution in [0, 0.1) is 12.7 Å². The summed E-state index contributed by atoms with van der Waals surface area (Å²) in [5.74, 6) is 0.841. The summed E-state index contributed by atoms with van der Waals surface area (Å²) in [7, 11) is 2.21. The Morgan fingerprint density at radius 3 is 2.48 bits per heavy atom. The number of ether oxygens (including phenoxy) is 1. The summed E-state index contributed by atoms with van der Waals surface area (Å²) in [6.07, 6.45) is 0. The molecule has 0 unspecified atom stereocenters. The van der Waals surface area contributed by atoms with Gasteiger partial charge in [-0.25, -0.2) is 4.39 Å². The van der Waals surface area contributed by atoms with Gasteiger partial charge in [-0.3, -0.25) is 0 Å². The van der Waals surface area contributed by atoms with Gasteiger partial charge in [0.05, 0.1) is 7.11 Å². The summed E-state index contributed by atoms with van der Waals surface area (Å²) in [5.41, 5.74) is 2.05. The molecule has 0 bridgehead atoms. The van der Waals surface area contributed by atoms with E-state index in [2.05, 4.69) is 0 Å². The molecule has 0 fully saturated rings. The highest BCUT2D eigenvalue weighted by Crippen LogP contribution is 2.38. The molecule has 3 nitrogen and oxygen atoms in total. The van der Waals surface area contributed by atoms with Crippen LogP contribution in [-0.4, -0.2) is 19.8 Å². The van der Waals surface area contributed by atoms with Crippen LogP contribution in [0.3, 0.4) is 0 Å². The Morgan fingerprint density at radius 2 is 1.78 bits per heavy atom. The molecule has 3 aromatic rings. The van der Waals surface area contributed by atoms with Gasteiger partial charge in [-0.1, -0.05) is 24.3 Å². The van der Waals surface area contributed by atoms with Crippen LogP contribution in [0.4, 0.5) is 4.39 Å². The number of hydrogen-bond acceptors (Lipinski definition) is 3. The summed E-state index contributed by atoms with van der Waals surface area (Å²) in [4.78, 5) is 0. The van der Waals surface area contributed by atoms with E-state index in [4.69, 9.17) is 14.4 Å². The van der Waals surface area contributed by atoms with Crippen molar-refractivity contribution in [1.29, 1.82) is 0 Å². The molecule has 0 saturated carbocycles. The minimum absolute atomic E-state index is 0.295. The van der Waals surface area contributed by atoms with Gasteiger partial charge in [-0.15, -0.1) is 0 Å². The van der Waals surface area contributed by atoms with E-state index in [-0.39, 0.29) is 5.82 Å². The molecule has 1 radical (unpaired) electrons. The molecular weight excluding hydrogens is 294 g/mol. The van der Waals surface area contributed by atoms with Crippen LogP contribution in [0.15, 0.2) is 48.5 Å². The van der Waals surface area contributed by atoms with Gasteiger partial charge in [0.1, 0.15) is 17.3 Å². The van der Waals surface area contributed by atoms with Crippen molar-refractivity contribution >= 4 is 18.5 Å². The zero-order valence-corrected chi connectivity index (χ0v) is 12.8. The molecule has 0 heterocycles. The molecular formula is C18H15BFO3. The SMILES string of the molecule is COc1cc2c(C)c(O[B]O)ccc2cc1-c1ccccc1F. The first-order valence-electron chi connectivity index (χ1n) is 7.14. The van der Waals surface area contributed by atoms with Crippen LogP contribution in [0.1, 0.15) is 5.56 Å². The van der Waals surface area contributed by atoms with E-state index < -0.39 is 0 Å². The summed E-state index contributed by atoms with van der Waals surface area (Å²) in [5, 5.41) is 10.7. The smallest absolute Gasteiger partial charge is 0.537 e. The summed E-state index contributed by atoms with van der Waals surface area (Å²) < 4.78 is 24.7. The van der Waals surface area contributed by atoms with Crippen LogP contribution in [0.5, 0.6) is 11.5 Å². The second-order valence-electron chi connectivity index (χ2n) is 5.17.